The molecule has 4 heterocycles. The van der Waals surface area contributed by atoms with E-state index < -0.39 is 12.0 Å². The number of halogens is 1. The molecule has 5 rings (SSSR count). The van der Waals surface area contributed by atoms with E-state index in [1.165, 1.54) is 11.3 Å². The van der Waals surface area contributed by atoms with Gasteiger partial charge in [-0.3, -0.25) is 0 Å². The number of ether oxygens (including phenoxy) is 1. The first-order valence-corrected chi connectivity index (χ1v) is 11.7. The molecule has 2 aliphatic rings. The number of hydrogen-bond acceptors (Lipinski definition) is 9. The predicted molar refractivity (Wildman–Crippen MR) is 118 cm³/mol. The number of fused-ring (bicyclic) bond motifs is 1. The standard InChI is InChI=1S/C20H22ClN7O3S/c1-2-14(18(29)30)28-25-16(22-26-28)17-23-24-19(32-17)27-10-8-20(9-11-27)7-6-12-13(21)4-3-5-15(12)31-20/h3-5,14H,2,6-11H2,1H3,(H,29,30). The van der Waals surface area contributed by atoms with Gasteiger partial charge in [-0.1, -0.05) is 35.9 Å². The molecule has 1 fully saturated rings. The summed E-state index contributed by atoms with van der Waals surface area (Å²) < 4.78 is 6.43. The van der Waals surface area contributed by atoms with Gasteiger partial charge in [-0.2, -0.15) is 0 Å². The zero-order chi connectivity index (χ0) is 22.3. The molecule has 1 atom stereocenters. The van der Waals surface area contributed by atoms with Crippen molar-refractivity contribution < 1.29 is 14.6 Å². The van der Waals surface area contributed by atoms with Crippen molar-refractivity contribution in [1.82, 2.24) is 30.4 Å². The maximum absolute atomic E-state index is 11.3. The van der Waals surface area contributed by atoms with Crippen molar-refractivity contribution in [3.05, 3.63) is 28.8 Å². The lowest BCUT2D eigenvalue weighted by atomic mass is 9.83. The van der Waals surface area contributed by atoms with E-state index in [4.69, 9.17) is 16.3 Å². The Bertz CT molecular complexity index is 1140. The first-order valence-electron chi connectivity index (χ1n) is 10.6. The van der Waals surface area contributed by atoms with Crippen LogP contribution in [0.3, 0.4) is 0 Å². The highest BCUT2D eigenvalue weighted by molar-refractivity contribution is 7.18. The lowest BCUT2D eigenvalue weighted by Crippen LogP contribution is -2.49. The SMILES string of the molecule is CCC(C(=O)O)n1nnc(-c2nnc(N3CCC4(CCc5c(Cl)cccc5O4)CC3)s2)n1. The first-order chi connectivity index (χ1) is 15.5. The van der Waals surface area contributed by atoms with E-state index in [9.17, 15) is 9.90 Å². The number of tetrazole rings is 1. The molecule has 0 saturated carbocycles. The third-order valence-electron chi connectivity index (χ3n) is 6.16. The highest BCUT2D eigenvalue weighted by atomic mass is 35.5. The van der Waals surface area contributed by atoms with Gasteiger partial charge in [-0.15, -0.1) is 25.2 Å². The minimum absolute atomic E-state index is 0.169. The number of hydrogen-bond donors (Lipinski definition) is 1. The van der Waals surface area contributed by atoms with Gasteiger partial charge in [0, 0.05) is 36.5 Å². The molecule has 0 aliphatic carbocycles. The number of carboxylic acid groups (broad SMARTS) is 1. The van der Waals surface area contributed by atoms with Crippen LogP contribution in [0.4, 0.5) is 5.13 Å². The fourth-order valence-corrected chi connectivity index (χ4v) is 5.37. The van der Waals surface area contributed by atoms with Crippen molar-refractivity contribution >= 4 is 34.0 Å². The van der Waals surface area contributed by atoms with E-state index in [2.05, 4.69) is 30.5 Å². The summed E-state index contributed by atoms with van der Waals surface area (Å²) in [6.45, 7) is 3.38. The van der Waals surface area contributed by atoms with Crippen LogP contribution < -0.4 is 9.64 Å². The van der Waals surface area contributed by atoms with Crippen molar-refractivity contribution in [3.8, 4) is 16.6 Å². The number of benzene rings is 1. The molecule has 0 radical (unpaired) electrons. The molecule has 1 N–H and O–H groups in total. The predicted octanol–water partition coefficient (Wildman–Crippen LogP) is 3.24. The topological polar surface area (TPSA) is 119 Å². The van der Waals surface area contributed by atoms with Crippen LogP contribution in [0.25, 0.3) is 10.8 Å². The zero-order valence-corrected chi connectivity index (χ0v) is 19.0. The van der Waals surface area contributed by atoms with Crippen LogP contribution in [0.15, 0.2) is 18.2 Å². The molecule has 0 amide bonds. The normalized spacial score (nSPS) is 18.2. The monoisotopic (exact) mass is 475 g/mol. The van der Waals surface area contributed by atoms with Gasteiger partial charge in [0.1, 0.15) is 11.4 Å². The largest absolute Gasteiger partial charge is 0.487 e. The second-order valence-electron chi connectivity index (χ2n) is 8.07. The Kier molecular flexibility index (Phi) is 5.46. The van der Waals surface area contributed by atoms with Gasteiger partial charge in [-0.25, -0.2) is 4.79 Å². The summed E-state index contributed by atoms with van der Waals surface area (Å²) in [5.74, 6) is 0.189. The van der Waals surface area contributed by atoms with Gasteiger partial charge >= 0.3 is 5.97 Å². The zero-order valence-electron chi connectivity index (χ0n) is 17.4. The summed E-state index contributed by atoms with van der Waals surface area (Å²) in [6.07, 6.45) is 4.02. The van der Waals surface area contributed by atoms with Crippen LogP contribution in [0.1, 0.15) is 44.2 Å². The van der Waals surface area contributed by atoms with Gasteiger partial charge in [0.2, 0.25) is 11.0 Å². The van der Waals surface area contributed by atoms with Crippen LogP contribution >= 0.6 is 22.9 Å². The Morgan fingerprint density at radius 1 is 1.28 bits per heavy atom. The summed E-state index contributed by atoms with van der Waals surface area (Å²) in [4.78, 5) is 14.6. The van der Waals surface area contributed by atoms with Crippen molar-refractivity contribution in [1.29, 1.82) is 0 Å². The number of rotatable bonds is 5. The lowest BCUT2D eigenvalue weighted by Gasteiger charge is -2.44. The highest BCUT2D eigenvalue weighted by Crippen LogP contribution is 2.42. The van der Waals surface area contributed by atoms with E-state index in [0.717, 1.165) is 65.0 Å². The Labute approximate surface area is 193 Å². The molecular weight excluding hydrogens is 454 g/mol. The molecule has 2 aromatic heterocycles. The third kappa shape index (κ3) is 3.79. The molecule has 32 heavy (non-hydrogen) atoms. The van der Waals surface area contributed by atoms with Crippen molar-refractivity contribution in [3.63, 3.8) is 0 Å². The van der Waals surface area contributed by atoms with Crippen molar-refractivity contribution in [2.45, 2.75) is 50.7 Å². The number of aromatic nitrogens is 6. The molecule has 168 valence electrons. The van der Waals surface area contributed by atoms with Crippen LogP contribution in [-0.2, 0) is 11.2 Å². The molecule has 10 nitrogen and oxygen atoms in total. The molecule has 0 bridgehead atoms. The van der Waals surface area contributed by atoms with Crippen LogP contribution in [0.2, 0.25) is 5.02 Å². The molecular formula is C20H22ClN7O3S. The molecule has 1 saturated heterocycles. The number of piperidine rings is 1. The number of aliphatic carboxylic acids is 1. The Morgan fingerprint density at radius 3 is 2.84 bits per heavy atom. The van der Waals surface area contributed by atoms with E-state index in [1.54, 1.807) is 6.92 Å². The van der Waals surface area contributed by atoms with Crippen LogP contribution in [0.5, 0.6) is 5.75 Å². The second kappa shape index (κ2) is 8.28. The number of nitrogens with zero attached hydrogens (tertiary/aromatic N) is 7. The van der Waals surface area contributed by atoms with E-state index in [-0.39, 0.29) is 11.4 Å². The van der Waals surface area contributed by atoms with E-state index in [0.29, 0.717) is 11.4 Å². The number of carboxylic acids is 1. The summed E-state index contributed by atoms with van der Waals surface area (Å²) in [6, 6.07) is 4.99. The quantitative estimate of drug-likeness (QED) is 0.592. The maximum atomic E-state index is 11.3. The maximum Gasteiger partial charge on any atom is 0.330 e. The summed E-state index contributed by atoms with van der Waals surface area (Å²) in [5, 5.41) is 31.9. The molecule has 3 aromatic rings. The second-order valence-corrected chi connectivity index (χ2v) is 9.44. The molecule has 2 aliphatic heterocycles. The summed E-state index contributed by atoms with van der Waals surface area (Å²) in [5.41, 5.74) is 0.933. The van der Waals surface area contributed by atoms with Crippen molar-refractivity contribution in [2.24, 2.45) is 0 Å². The van der Waals surface area contributed by atoms with Crippen LogP contribution in [-0.4, -0.2) is 60.2 Å². The molecule has 1 aromatic carbocycles. The Hall–Kier alpha value is -2.79. The fraction of sp³-hybridized carbons (Fsp3) is 0.500. The van der Waals surface area contributed by atoms with Gasteiger partial charge in [-0.05, 0) is 36.6 Å². The van der Waals surface area contributed by atoms with Gasteiger partial charge in [0.15, 0.2) is 11.0 Å². The minimum atomic E-state index is -0.994. The summed E-state index contributed by atoms with van der Waals surface area (Å²) >= 11 is 7.70. The average Bonchev–Trinajstić information content (AvgIpc) is 3.45. The van der Waals surface area contributed by atoms with E-state index in [1.807, 2.05) is 18.2 Å². The Balaban J connectivity index is 1.26. The average molecular weight is 476 g/mol. The Morgan fingerprint density at radius 2 is 2.09 bits per heavy atom. The van der Waals surface area contributed by atoms with Gasteiger partial charge in [0.25, 0.3) is 0 Å². The number of carbonyl (C=O) groups is 1. The fourth-order valence-electron chi connectivity index (χ4n) is 4.28. The minimum Gasteiger partial charge on any atom is -0.487 e. The smallest absolute Gasteiger partial charge is 0.330 e. The molecule has 1 spiro atoms. The lowest BCUT2D eigenvalue weighted by molar-refractivity contribution is -0.141. The highest BCUT2D eigenvalue weighted by Gasteiger charge is 2.40. The van der Waals surface area contributed by atoms with Crippen LogP contribution in [0, 0.1) is 0 Å². The van der Waals surface area contributed by atoms with Gasteiger partial charge in [0.05, 0.1) is 0 Å². The van der Waals surface area contributed by atoms with Crippen molar-refractivity contribution in [2.75, 3.05) is 18.0 Å². The van der Waals surface area contributed by atoms with E-state index >= 15 is 0 Å². The molecule has 1 unspecified atom stereocenters. The first kappa shape index (κ1) is 21.1. The molecule has 12 heteroatoms. The van der Waals surface area contributed by atoms with Gasteiger partial charge < -0.3 is 14.7 Å². The summed E-state index contributed by atoms with van der Waals surface area (Å²) in [7, 11) is 0. The number of anilines is 1. The third-order valence-corrected chi connectivity index (χ3v) is 7.50.